The topological polar surface area (TPSA) is 18.5 Å². The average molecular weight is 315 g/mol. The largest absolute Gasteiger partial charge is 0.493 e. The molecule has 0 heterocycles. The molecule has 3 heteroatoms. The fourth-order valence-electron chi connectivity index (χ4n) is 2.83. The Hall–Kier alpha value is -1.93. The molecule has 0 saturated carbocycles. The van der Waals surface area contributed by atoms with E-state index < -0.39 is 0 Å². The third kappa shape index (κ3) is 2.48. The quantitative estimate of drug-likeness (QED) is 0.455. The van der Waals surface area contributed by atoms with Crippen molar-refractivity contribution < 1.29 is 9.47 Å². The Kier molecular flexibility index (Phi) is 4.39. The van der Waals surface area contributed by atoms with E-state index in [1.165, 1.54) is 0 Å². The van der Waals surface area contributed by atoms with Gasteiger partial charge in [0.1, 0.15) is 11.5 Å². The predicted molar refractivity (Wildman–Crippen MR) is 93.3 cm³/mol. The van der Waals surface area contributed by atoms with Crippen LogP contribution in [0.4, 0.5) is 0 Å². The molecule has 0 aliphatic heterocycles. The SMILES string of the molecule is CCOc1c2ccccc2c(OCC)c2cc(CCl)ccc12. The Morgan fingerprint density at radius 1 is 0.773 bits per heavy atom. The maximum absolute atomic E-state index is 6.00. The number of hydrogen-bond donors (Lipinski definition) is 0. The van der Waals surface area contributed by atoms with Crippen molar-refractivity contribution in [1.82, 2.24) is 0 Å². The van der Waals surface area contributed by atoms with Gasteiger partial charge in [0.05, 0.1) is 13.2 Å². The molecule has 3 aromatic carbocycles. The Morgan fingerprint density at radius 2 is 1.32 bits per heavy atom. The van der Waals surface area contributed by atoms with Gasteiger partial charge in [-0.05, 0) is 25.5 Å². The highest BCUT2D eigenvalue weighted by Gasteiger charge is 2.15. The Balaban J connectivity index is 2.46. The first-order valence-electron chi connectivity index (χ1n) is 7.59. The van der Waals surface area contributed by atoms with Crippen LogP contribution < -0.4 is 9.47 Å². The average Bonchev–Trinajstić information content (AvgIpc) is 2.57. The van der Waals surface area contributed by atoms with Gasteiger partial charge in [0.2, 0.25) is 0 Å². The molecule has 0 saturated heterocycles. The number of rotatable bonds is 5. The van der Waals surface area contributed by atoms with Gasteiger partial charge in [-0.1, -0.05) is 36.4 Å². The van der Waals surface area contributed by atoms with Crippen LogP contribution in [0.1, 0.15) is 19.4 Å². The zero-order valence-electron chi connectivity index (χ0n) is 12.9. The minimum absolute atomic E-state index is 0.484. The van der Waals surface area contributed by atoms with Crippen molar-refractivity contribution in [3.8, 4) is 11.5 Å². The molecule has 3 rings (SSSR count). The first-order chi connectivity index (χ1) is 10.8. The number of fused-ring (bicyclic) bond motifs is 2. The summed E-state index contributed by atoms with van der Waals surface area (Å²) in [6.07, 6.45) is 0. The molecular weight excluding hydrogens is 296 g/mol. The summed E-state index contributed by atoms with van der Waals surface area (Å²) >= 11 is 6.00. The van der Waals surface area contributed by atoms with E-state index in [0.717, 1.165) is 38.6 Å². The number of alkyl halides is 1. The Bertz CT molecular complexity index is 811. The third-order valence-corrected chi connectivity index (χ3v) is 4.03. The Morgan fingerprint density at radius 3 is 1.86 bits per heavy atom. The highest BCUT2D eigenvalue weighted by atomic mass is 35.5. The maximum Gasteiger partial charge on any atom is 0.135 e. The summed E-state index contributed by atoms with van der Waals surface area (Å²) in [5.74, 6) is 2.30. The second-order valence-electron chi connectivity index (χ2n) is 5.08. The molecule has 0 atom stereocenters. The van der Waals surface area contributed by atoms with Crippen LogP contribution in [0.25, 0.3) is 21.5 Å². The zero-order chi connectivity index (χ0) is 15.5. The van der Waals surface area contributed by atoms with Gasteiger partial charge >= 0.3 is 0 Å². The van der Waals surface area contributed by atoms with Crippen LogP contribution in [0, 0.1) is 0 Å². The third-order valence-electron chi connectivity index (χ3n) is 3.72. The van der Waals surface area contributed by atoms with Crippen LogP contribution in [0.5, 0.6) is 11.5 Å². The summed E-state index contributed by atoms with van der Waals surface area (Å²) in [7, 11) is 0. The van der Waals surface area contributed by atoms with Gasteiger partial charge in [-0.25, -0.2) is 0 Å². The van der Waals surface area contributed by atoms with Gasteiger partial charge in [0, 0.05) is 27.4 Å². The van der Waals surface area contributed by atoms with Crippen molar-refractivity contribution in [3.05, 3.63) is 48.0 Å². The van der Waals surface area contributed by atoms with Crippen LogP contribution >= 0.6 is 11.6 Å². The van der Waals surface area contributed by atoms with Gasteiger partial charge in [0.15, 0.2) is 0 Å². The van der Waals surface area contributed by atoms with E-state index >= 15 is 0 Å². The molecule has 0 bridgehead atoms. The second-order valence-corrected chi connectivity index (χ2v) is 5.35. The second kappa shape index (κ2) is 6.45. The monoisotopic (exact) mass is 314 g/mol. The molecular formula is C19H19ClO2. The van der Waals surface area contributed by atoms with Crippen LogP contribution in [0.3, 0.4) is 0 Å². The molecule has 0 aromatic heterocycles. The number of hydrogen-bond acceptors (Lipinski definition) is 2. The minimum atomic E-state index is 0.484. The lowest BCUT2D eigenvalue weighted by molar-refractivity contribution is 0.342. The summed E-state index contributed by atoms with van der Waals surface area (Å²) in [5.41, 5.74) is 1.08. The molecule has 114 valence electrons. The van der Waals surface area contributed by atoms with Gasteiger partial charge < -0.3 is 9.47 Å². The normalized spacial score (nSPS) is 11.0. The van der Waals surface area contributed by atoms with Crippen LogP contribution in [0.2, 0.25) is 0 Å². The zero-order valence-corrected chi connectivity index (χ0v) is 13.6. The van der Waals surface area contributed by atoms with Crippen molar-refractivity contribution in [2.45, 2.75) is 19.7 Å². The van der Waals surface area contributed by atoms with E-state index in [4.69, 9.17) is 21.1 Å². The van der Waals surface area contributed by atoms with Crippen molar-refractivity contribution in [1.29, 1.82) is 0 Å². The molecule has 0 aliphatic carbocycles. The van der Waals surface area contributed by atoms with Crippen molar-refractivity contribution >= 4 is 33.1 Å². The van der Waals surface area contributed by atoms with E-state index in [9.17, 15) is 0 Å². The first-order valence-corrected chi connectivity index (χ1v) is 8.12. The molecule has 0 fully saturated rings. The van der Waals surface area contributed by atoms with Gasteiger partial charge in [-0.15, -0.1) is 11.6 Å². The molecule has 0 spiro atoms. The van der Waals surface area contributed by atoms with Gasteiger partial charge in [-0.3, -0.25) is 0 Å². The number of halogens is 1. The molecule has 3 aromatic rings. The van der Waals surface area contributed by atoms with E-state index in [-0.39, 0.29) is 0 Å². The first kappa shape index (κ1) is 15.0. The minimum Gasteiger partial charge on any atom is -0.493 e. The fourth-order valence-corrected chi connectivity index (χ4v) is 3.00. The molecule has 0 unspecified atom stereocenters. The summed E-state index contributed by atoms with van der Waals surface area (Å²) in [6, 6.07) is 14.4. The van der Waals surface area contributed by atoms with E-state index in [1.54, 1.807) is 0 Å². The Labute approximate surface area is 135 Å². The van der Waals surface area contributed by atoms with E-state index in [0.29, 0.717) is 19.1 Å². The maximum atomic E-state index is 6.00. The van der Waals surface area contributed by atoms with Crippen LogP contribution in [0.15, 0.2) is 42.5 Å². The summed E-state index contributed by atoms with van der Waals surface area (Å²) in [4.78, 5) is 0. The van der Waals surface area contributed by atoms with Crippen molar-refractivity contribution in [3.63, 3.8) is 0 Å². The lowest BCUT2D eigenvalue weighted by Crippen LogP contribution is -1.99. The number of ether oxygens (including phenoxy) is 2. The van der Waals surface area contributed by atoms with Crippen molar-refractivity contribution in [2.75, 3.05) is 13.2 Å². The summed E-state index contributed by atoms with van der Waals surface area (Å²) in [6.45, 7) is 5.26. The van der Waals surface area contributed by atoms with E-state index in [2.05, 4.69) is 24.3 Å². The predicted octanol–water partition coefficient (Wildman–Crippen LogP) is 5.53. The molecule has 22 heavy (non-hydrogen) atoms. The highest BCUT2D eigenvalue weighted by Crippen LogP contribution is 2.43. The molecule has 2 nitrogen and oxygen atoms in total. The molecule has 0 radical (unpaired) electrons. The summed E-state index contributed by atoms with van der Waals surface area (Å²) in [5, 5.41) is 4.28. The van der Waals surface area contributed by atoms with Gasteiger partial charge in [0.25, 0.3) is 0 Å². The fraction of sp³-hybridized carbons (Fsp3) is 0.263. The van der Waals surface area contributed by atoms with Gasteiger partial charge in [-0.2, -0.15) is 0 Å². The number of benzene rings is 3. The molecule has 0 aliphatic rings. The van der Waals surface area contributed by atoms with E-state index in [1.807, 2.05) is 32.0 Å². The van der Waals surface area contributed by atoms with Crippen LogP contribution in [-0.4, -0.2) is 13.2 Å². The lowest BCUT2D eigenvalue weighted by Gasteiger charge is -2.17. The molecule has 0 amide bonds. The van der Waals surface area contributed by atoms with Crippen molar-refractivity contribution in [2.24, 2.45) is 0 Å². The smallest absolute Gasteiger partial charge is 0.135 e. The highest BCUT2D eigenvalue weighted by molar-refractivity contribution is 6.17. The molecule has 0 N–H and O–H groups in total. The standard InChI is InChI=1S/C19H19ClO2/c1-3-21-18-14-7-5-6-8-15(14)19(22-4-2)17-11-13(12-20)9-10-16(17)18/h5-11H,3-4,12H2,1-2H3. The van der Waals surface area contributed by atoms with Crippen LogP contribution in [-0.2, 0) is 5.88 Å². The lowest BCUT2D eigenvalue weighted by atomic mass is 9.99. The summed E-state index contributed by atoms with van der Waals surface area (Å²) < 4.78 is 11.9.